The van der Waals surface area contributed by atoms with Crippen LogP contribution in [0.3, 0.4) is 0 Å². The third-order valence-corrected chi connectivity index (χ3v) is 2.36. The summed E-state index contributed by atoms with van der Waals surface area (Å²) in [4.78, 5) is 11.3. The van der Waals surface area contributed by atoms with E-state index in [-0.39, 0.29) is 5.97 Å². The topological polar surface area (TPSA) is 26.3 Å². The maximum atomic E-state index is 11.3. The molecule has 1 aromatic carbocycles. The second-order valence-corrected chi connectivity index (χ2v) is 3.82. The minimum Gasteiger partial charge on any atom is -0.468 e. The van der Waals surface area contributed by atoms with E-state index in [9.17, 15) is 4.79 Å². The Bertz CT molecular complexity index is 293. The Morgan fingerprint density at radius 3 is 2.38 bits per heavy atom. The van der Waals surface area contributed by atoms with E-state index in [1.54, 1.807) is 6.92 Å². The van der Waals surface area contributed by atoms with Crippen molar-refractivity contribution in [1.29, 1.82) is 0 Å². The average Bonchev–Trinajstić information content (AvgIpc) is 2.18. The van der Waals surface area contributed by atoms with Gasteiger partial charge in [-0.2, -0.15) is 12.6 Å². The van der Waals surface area contributed by atoms with Gasteiger partial charge in [0, 0.05) is 0 Å². The molecule has 70 valence electrons. The molecule has 0 fully saturated rings. The van der Waals surface area contributed by atoms with Crippen LogP contribution in [0.4, 0.5) is 0 Å². The molecule has 0 saturated carbocycles. The molecule has 1 atom stereocenters. The quantitative estimate of drug-likeness (QED) is 0.578. The summed E-state index contributed by atoms with van der Waals surface area (Å²) >= 11 is 4.28. The fraction of sp³-hybridized carbons (Fsp3) is 0.300. The summed E-state index contributed by atoms with van der Waals surface area (Å²) in [5.74, 6) is -0.345. The predicted molar refractivity (Wildman–Crippen MR) is 54.8 cm³/mol. The number of rotatable bonds is 2. The van der Waals surface area contributed by atoms with Crippen molar-refractivity contribution in [2.75, 3.05) is 7.11 Å². The fourth-order valence-electron chi connectivity index (χ4n) is 1.08. The van der Waals surface area contributed by atoms with Crippen LogP contribution in [-0.2, 0) is 14.3 Å². The molecule has 0 heterocycles. The number of hydrogen-bond acceptors (Lipinski definition) is 3. The molecule has 0 radical (unpaired) electrons. The average molecular weight is 196 g/mol. The zero-order valence-corrected chi connectivity index (χ0v) is 8.54. The summed E-state index contributed by atoms with van der Waals surface area (Å²) in [6, 6.07) is 9.33. The predicted octanol–water partition coefficient (Wildman–Crippen LogP) is 2.00. The minimum atomic E-state index is -0.865. The first-order chi connectivity index (χ1) is 6.09. The number of thiol groups is 1. The minimum absolute atomic E-state index is 0.345. The number of methoxy groups -OCH3 is 1. The van der Waals surface area contributed by atoms with Gasteiger partial charge in [-0.25, -0.2) is 0 Å². The van der Waals surface area contributed by atoms with Crippen molar-refractivity contribution in [3.63, 3.8) is 0 Å². The molecule has 1 rings (SSSR count). The van der Waals surface area contributed by atoms with Crippen molar-refractivity contribution in [2.24, 2.45) is 0 Å². The number of hydrogen-bond donors (Lipinski definition) is 1. The van der Waals surface area contributed by atoms with Gasteiger partial charge in [0.1, 0.15) is 4.75 Å². The Morgan fingerprint density at radius 2 is 1.92 bits per heavy atom. The maximum absolute atomic E-state index is 11.3. The molecule has 0 aliphatic carbocycles. The third-order valence-electron chi connectivity index (χ3n) is 1.92. The number of benzene rings is 1. The zero-order chi connectivity index (χ0) is 9.90. The van der Waals surface area contributed by atoms with E-state index in [2.05, 4.69) is 17.4 Å². The van der Waals surface area contributed by atoms with E-state index in [0.29, 0.717) is 0 Å². The van der Waals surface area contributed by atoms with E-state index in [4.69, 9.17) is 0 Å². The number of carbonyl (C=O) groups excluding carboxylic acids is 1. The second kappa shape index (κ2) is 3.83. The van der Waals surface area contributed by atoms with E-state index in [1.807, 2.05) is 30.3 Å². The lowest BCUT2D eigenvalue weighted by Gasteiger charge is -2.20. The smallest absolute Gasteiger partial charge is 0.325 e. The molecular weight excluding hydrogens is 184 g/mol. The SMILES string of the molecule is COC(=O)C(C)(S)c1ccccc1. The summed E-state index contributed by atoms with van der Waals surface area (Å²) in [6.45, 7) is 1.72. The fourth-order valence-corrected chi connectivity index (χ4v) is 1.32. The van der Waals surface area contributed by atoms with Crippen LogP contribution < -0.4 is 0 Å². The van der Waals surface area contributed by atoms with Crippen LogP contribution in [-0.4, -0.2) is 13.1 Å². The van der Waals surface area contributed by atoms with E-state index in [1.165, 1.54) is 7.11 Å². The second-order valence-electron chi connectivity index (χ2n) is 2.93. The first kappa shape index (κ1) is 10.1. The van der Waals surface area contributed by atoms with Gasteiger partial charge in [0.05, 0.1) is 7.11 Å². The summed E-state index contributed by atoms with van der Waals surface area (Å²) in [5.41, 5.74) is 0.838. The van der Waals surface area contributed by atoms with Gasteiger partial charge < -0.3 is 4.74 Å². The van der Waals surface area contributed by atoms with Crippen molar-refractivity contribution in [2.45, 2.75) is 11.7 Å². The standard InChI is InChI=1S/C10H12O2S/c1-10(13,9(11)12-2)8-6-4-3-5-7-8/h3-7,13H,1-2H3. The molecule has 1 unspecified atom stereocenters. The molecule has 13 heavy (non-hydrogen) atoms. The van der Waals surface area contributed by atoms with Crippen molar-refractivity contribution in [3.05, 3.63) is 35.9 Å². The first-order valence-corrected chi connectivity index (χ1v) is 4.40. The summed E-state index contributed by atoms with van der Waals surface area (Å²) in [7, 11) is 1.36. The first-order valence-electron chi connectivity index (χ1n) is 3.95. The van der Waals surface area contributed by atoms with Crippen LogP contribution in [0.5, 0.6) is 0 Å². The molecule has 0 saturated heterocycles. The Hall–Kier alpha value is -0.960. The highest BCUT2D eigenvalue weighted by molar-refractivity contribution is 7.82. The Labute approximate surface area is 83.3 Å². The highest BCUT2D eigenvalue weighted by Gasteiger charge is 2.31. The van der Waals surface area contributed by atoms with Gasteiger partial charge in [-0.1, -0.05) is 30.3 Å². The maximum Gasteiger partial charge on any atom is 0.325 e. The van der Waals surface area contributed by atoms with Gasteiger partial charge in [-0.05, 0) is 12.5 Å². The largest absolute Gasteiger partial charge is 0.468 e. The number of carbonyl (C=O) groups is 1. The molecule has 0 N–H and O–H groups in total. The Morgan fingerprint density at radius 1 is 1.38 bits per heavy atom. The van der Waals surface area contributed by atoms with Crippen molar-refractivity contribution >= 4 is 18.6 Å². The molecule has 0 aliphatic heterocycles. The summed E-state index contributed by atoms with van der Waals surface area (Å²) < 4.78 is 3.79. The molecule has 0 spiro atoms. The van der Waals surface area contributed by atoms with Gasteiger partial charge in [0.2, 0.25) is 0 Å². The van der Waals surface area contributed by atoms with Crippen LogP contribution in [0.2, 0.25) is 0 Å². The summed E-state index contributed by atoms with van der Waals surface area (Å²) in [5, 5.41) is 0. The number of esters is 1. The van der Waals surface area contributed by atoms with E-state index < -0.39 is 4.75 Å². The van der Waals surface area contributed by atoms with Crippen LogP contribution in [0.25, 0.3) is 0 Å². The summed E-state index contributed by atoms with van der Waals surface area (Å²) in [6.07, 6.45) is 0. The molecular formula is C10H12O2S. The van der Waals surface area contributed by atoms with Crippen LogP contribution in [0.15, 0.2) is 30.3 Å². The lowest BCUT2D eigenvalue weighted by molar-refractivity contribution is -0.143. The van der Waals surface area contributed by atoms with Gasteiger partial charge >= 0.3 is 5.97 Å². The zero-order valence-electron chi connectivity index (χ0n) is 7.65. The van der Waals surface area contributed by atoms with Gasteiger partial charge in [0.15, 0.2) is 0 Å². The van der Waals surface area contributed by atoms with Gasteiger partial charge in [-0.15, -0.1) is 0 Å². The molecule has 0 aliphatic rings. The molecule has 0 bridgehead atoms. The molecule has 2 nitrogen and oxygen atoms in total. The Kier molecular flexibility index (Phi) is 2.98. The normalized spacial score (nSPS) is 14.7. The molecule has 0 aromatic heterocycles. The van der Waals surface area contributed by atoms with Crippen molar-refractivity contribution in [3.8, 4) is 0 Å². The highest BCUT2D eigenvalue weighted by Crippen LogP contribution is 2.28. The van der Waals surface area contributed by atoms with E-state index in [0.717, 1.165) is 5.56 Å². The van der Waals surface area contributed by atoms with E-state index >= 15 is 0 Å². The molecule has 0 amide bonds. The molecule has 3 heteroatoms. The third kappa shape index (κ3) is 2.04. The lowest BCUT2D eigenvalue weighted by Crippen LogP contribution is -2.27. The van der Waals surface area contributed by atoms with Crippen LogP contribution >= 0.6 is 12.6 Å². The lowest BCUT2D eigenvalue weighted by atomic mass is 10.0. The van der Waals surface area contributed by atoms with Crippen LogP contribution in [0.1, 0.15) is 12.5 Å². The Balaban J connectivity index is 3.00. The number of ether oxygens (including phenoxy) is 1. The molecule has 1 aromatic rings. The van der Waals surface area contributed by atoms with Crippen molar-refractivity contribution in [1.82, 2.24) is 0 Å². The monoisotopic (exact) mass is 196 g/mol. The van der Waals surface area contributed by atoms with Crippen LogP contribution in [0, 0.1) is 0 Å². The van der Waals surface area contributed by atoms with Gasteiger partial charge in [-0.3, -0.25) is 4.79 Å². The highest BCUT2D eigenvalue weighted by atomic mass is 32.1. The van der Waals surface area contributed by atoms with Crippen molar-refractivity contribution < 1.29 is 9.53 Å². The van der Waals surface area contributed by atoms with Gasteiger partial charge in [0.25, 0.3) is 0 Å².